The number of sulfone groups is 1. The van der Waals surface area contributed by atoms with Gasteiger partial charge < -0.3 is 37.4 Å². The number of hydrogen-bond donors (Lipinski definition) is 10. The molecule has 76 heavy (non-hydrogen) atoms. The standard InChI is InChI=1S/C39H39F2N17O14S4/c1-5-58-31(59)23(17-74(64,65)66)19(4)30(32(58)60)57-56-27-14-21(8-12-28(27)75(67,68)69)46-38-50-33(40)48-36(52-38)43-16-18(3)44-37-49-34(41)51-39(53-37)45-20-7-10-24(26(13-20)47-35(42)61)54-55-25-11-9-22(73(62,63)6-2)15-29(25)76(70,71)72/h6-15,18,59H,2,5,16-17H2,1,3-4H3,(H3,42,47,61)(H,64,65,66)(H,67,68,69)(H,70,71,72)(H2,43,46,48,50,52)(H2,44,45,49,51,53). The smallest absolute Gasteiger partial charge is 0.316 e. The van der Waals surface area contributed by atoms with Crippen LogP contribution in [0.15, 0.2) is 107 Å². The van der Waals surface area contributed by atoms with Crippen LogP contribution in [-0.2, 0) is 52.5 Å². The summed E-state index contributed by atoms with van der Waals surface area (Å²) in [5, 5.41) is 39.5. The lowest BCUT2D eigenvalue weighted by atomic mass is 10.1. The Morgan fingerprint density at radius 3 is 1.91 bits per heavy atom. The first-order valence-electron chi connectivity index (χ1n) is 20.9. The van der Waals surface area contributed by atoms with E-state index >= 15 is 0 Å². The van der Waals surface area contributed by atoms with E-state index < -0.39 is 125 Å². The number of benzene rings is 3. The Bertz CT molecular complexity index is 3910. The summed E-state index contributed by atoms with van der Waals surface area (Å²) in [6.45, 7) is 7.02. The number of urea groups is 1. The predicted octanol–water partition coefficient (Wildman–Crippen LogP) is 5.05. The van der Waals surface area contributed by atoms with Crippen molar-refractivity contribution in [3.8, 4) is 5.88 Å². The maximum Gasteiger partial charge on any atom is 0.316 e. The van der Waals surface area contributed by atoms with Gasteiger partial charge in [0.15, 0.2) is 21.4 Å². The lowest BCUT2D eigenvalue weighted by Gasteiger charge is -2.16. The molecule has 3 aromatic heterocycles. The number of azo groups is 2. The molecular weight excluding hydrogens is 1100 g/mol. The van der Waals surface area contributed by atoms with Gasteiger partial charge in [-0.3, -0.25) is 23.0 Å². The molecule has 0 saturated carbocycles. The van der Waals surface area contributed by atoms with Crippen molar-refractivity contribution in [2.75, 3.05) is 33.1 Å². The number of pyridine rings is 1. The van der Waals surface area contributed by atoms with E-state index in [-0.39, 0.29) is 59.2 Å². The molecule has 31 nitrogen and oxygen atoms in total. The van der Waals surface area contributed by atoms with E-state index in [1.807, 2.05) is 0 Å². The number of anilines is 7. The highest BCUT2D eigenvalue weighted by atomic mass is 32.2. The van der Waals surface area contributed by atoms with Crippen LogP contribution in [0.25, 0.3) is 0 Å². The van der Waals surface area contributed by atoms with Crippen molar-refractivity contribution in [2.45, 2.75) is 53.8 Å². The van der Waals surface area contributed by atoms with Crippen molar-refractivity contribution in [3.05, 3.63) is 100 Å². The SMILES string of the molecule is C=CS(=O)(=O)c1ccc(N=Nc2ccc(Nc3nc(F)nc(NC(C)CNc4nc(F)nc(Nc5ccc(S(=O)(=O)O)c(N=Nc6c(C)c(CS(=O)(=O)O)c(O)n(CC)c6=O)c5)n4)n3)cc2NC(N)=O)c(S(=O)(=O)O)c1. The number of nitrogens with zero attached hydrogens (tertiary/aromatic N) is 11. The van der Waals surface area contributed by atoms with Gasteiger partial charge in [0.2, 0.25) is 23.8 Å². The molecule has 0 spiro atoms. The van der Waals surface area contributed by atoms with E-state index in [1.54, 1.807) is 6.92 Å². The number of primary amides is 1. The first-order chi connectivity index (χ1) is 35.4. The van der Waals surface area contributed by atoms with Crippen molar-refractivity contribution in [1.29, 1.82) is 0 Å². The molecule has 402 valence electrons. The third-order valence-corrected chi connectivity index (χ3v) is 13.7. The van der Waals surface area contributed by atoms with Gasteiger partial charge in [-0.2, -0.15) is 63.9 Å². The van der Waals surface area contributed by atoms with Gasteiger partial charge in [0, 0.05) is 41.5 Å². The van der Waals surface area contributed by atoms with Gasteiger partial charge in [-0.15, -0.1) is 20.5 Å². The lowest BCUT2D eigenvalue weighted by Crippen LogP contribution is -2.27. The fourth-order valence-electron chi connectivity index (χ4n) is 6.45. The van der Waals surface area contributed by atoms with E-state index in [9.17, 15) is 70.8 Å². The molecule has 0 bridgehead atoms. The van der Waals surface area contributed by atoms with Crippen molar-refractivity contribution in [2.24, 2.45) is 26.2 Å². The number of amides is 2. The van der Waals surface area contributed by atoms with E-state index in [4.69, 9.17) is 5.73 Å². The van der Waals surface area contributed by atoms with Crippen LogP contribution in [0.3, 0.4) is 0 Å². The van der Waals surface area contributed by atoms with Gasteiger partial charge in [-0.25, -0.2) is 13.2 Å². The topological polar surface area (TPSA) is 469 Å². The third-order valence-electron chi connectivity index (χ3n) is 9.87. The first kappa shape index (κ1) is 56.7. The van der Waals surface area contributed by atoms with Crippen LogP contribution in [0.4, 0.5) is 77.2 Å². The van der Waals surface area contributed by atoms with Crippen LogP contribution < -0.4 is 37.9 Å². The number of nitrogens with one attached hydrogen (secondary N) is 5. The number of carbonyl (C=O) groups is 1. The molecule has 0 aliphatic heterocycles. The average Bonchev–Trinajstić information content (AvgIpc) is 3.30. The Labute approximate surface area is 427 Å². The van der Waals surface area contributed by atoms with E-state index in [0.717, 1.165) is 34.9 Å². The van der Waals surface area contributed by atoms with E-state index in [2.05, 4.69) is 83.5 Å². The van der Waals surface area contributed by atoms with Crippen LogP contribution in [0, 0.1) is 19.1 Å². The van der Waals surface area contributed by atoms with E-state index in [1.165, 1.54) is 32.0 Å². The fourth-order valence-corrected chi connectivity index (χ4v) is 9.22. The molecule has 0 fully saturated rings. The first-order valence-corrected chi connectivity index (χ1v) is 26.9. The molecular formula is C39H39F2N17O14S4. The monoisotopic (exact) mass is 1140 g/mol. The van der Waals surface area contributed by atoms with Crippen molar-refractivity contribution in [3.63, 3.8) is 0 Å². The number of hydrogen-bond acceptors (Lipinski definition) is 25. The molecule has 3 aromatic carbocycles. The zero-order chi connectivity index (χ0) is 56.1. The maximum absolute atomic E-state index is 14.7. The minimum atomic E-state index is -5.05. The summed E-state index contributed by atoms with van der Waals surface area (Å²) in [5.74, 6) is -3.44. The Balaban J connectivity index is 1.17. The third kappa shape index (κ3) is 14.4. The number of aromatic hydroxyl groups is 1. The number of rotatable bonds is 21. The quantitative estimate of drug-likeness (QED) is 0.0333. The predicted molar refractivity (Wildman–Crippen MR) is 264 cm³/mol. The van der Waals surface area contributed by atoms with Gasteiger partial charge in [0.05, 0.1) is 10.6 Å². The molecule has 0 saturated heterocycles. The molecule has 0 aliphatic carbocycles. The summed E-state index contributed by atoms with van der Waals surface area (Å²) in [4.78, 5) is 45.3. The maximum atomic E-state index is 14.7. The highest BCUT2D eigenvalue weighted by molar-refractivity contribution is 7.94. The molecule has 2 amide bonds. The average molecular weight is 1140 g/mol. The van der Waals surface area contributed by atoms with Crippen LogP contribution in [0.5, 0.6) is 5.88 Å². The Hall–Kier alpha value is -8.62. The summed E-state index contributed by atoms with van der Waals surface area (Å²) in [5.41, 5.74) is 1.75. The van der Waals surface area contributed by atoms with Gasteiger partial charge in [-0.1, -0.05) is 6.58 Å². The zero-order valence-electron chi connectivity index (χ0n) is 38.9. The van der Waals surface area contributed by atoms with Crippen molar-refractivity contribution in [1.82, 2.24) is 34.5 Å². The second-order valence-corrected chi connectivity index (χ2v) is 21.5. The normalized spacial score (nSPS) is 12.6. The summed E-state index contributed by atoms with van der Waals surface area (Å²) in [6.07, 6.45) is -2.58. The van der Waals surface area contributed by atoms with Crippen LogP contribution in [0.1, 0.15) is 25.0 Å². The lowest BCUT2D eigenvalue weighted by molar-refractivity contribution is 0.259. The molecule has 0 radical (unpaired) electrons. The molecule has 11 N–H and O–H groups in total. The molecule has 37 heteroatoms. The van der Waals surface area contributed by atoms with Crippen LogP contribution >= 0.6 is 0 Å². The Kier molecular flexibility index (Phi) is 16.8. The zero-order valence-corrected chi connectivity index (χ0v) is 42.2. The largest absolute Gasteiger partial charge is 0.494 e. The molecule has 1 atom stereocenters. The highest BCUT2D eigenvalue weighted by Gasteiger charge is 2.25. The Morgan fingerprint density at radius 2 is 1.32 bits per heavy atom. The summed E-state index contributed by atoms with van der Waals surface area (Å²) in [6, 6.07) is 7.50. The van der Waals surface area contributed by atoms with Gasteiger partial charge in [0.1, 0.15) is 32.6 Å². The number of halogens is 2. The van der Waals surface area contributed by atoms with Crippen molar-refractivity contribution >= 4 is 110 Å². The minimum Gasteiger partial charge on any atom is -0.494 e. The molecule has 3 heterocycles. The second kappa shape index (κ2) is 22.5. The van der Waals surface area contributed by atoms with Gasteiger partial charge in [0.25, 0.3) is 35.9 Å². The number of carbonyl (C=O) groups excluding carboxylic acids is 1. The highest BCUT2D eigenvalue weighted by Crippen LogP contribution is 2.35. The number of nitrogens with two attached hydrogens (primary N) is 1. The van der Waals surface area contributed by atoms with Crippen LogP contribution in [0.2, 0.25) is 0 Å². The summed E-state index contributed by atoms with van der Waals surface area (Å²) >= 11 is 0. The van der Waals surface area contributed by atoms with Gasteiger partial charge in [-0.05, 0) is 80.9 Å². The second-order valence-electron chi connectivity index (χ2n) is 15.3. The molecule has 1 unspecified atom stereocenters. The minimum absolute atomic E-state index is 0.0858. The molecule has 6 rings (SSSR count). The van der Waals surface area contributed by atoms with E-state index in [0.29, 0.717) is 11.5 Å². The number of aromatic nitrogens is 7. The summed E-state index contributed by atoms with van der Waals surface area (Å²) < 4.78 is 156. The fraction of sp³-hybridized carbons (Fsp3) is 0.179. The van der Waals surface area contributed by atoms with Gasteiger partial charge >= 0.3 is 18.2 Å². The Morgan fingerprint density at radius 1 is 0.763 bits per heavy atom. The summed E-state index contributed by atoms with van der Waals surface area (Å²) in [7, 11) is -18.9. The molecule has 0 aliphatic rings. The van der Waals surface area contributed by atoms with Crippen molar-refractivity contribution < 1.29 is 66.0 Å². The molecule has 6 aromatic rings. The van der Waals surface area contributed by atoms with Crippen LogP contribution in [-0.4, -0.2) is 106 Å².